The largest absolute Gasteiger partial charge is 0.388 e. The van der Waals surface area contributed by atoms with Crippen molar-refractivity contribution in [1.82, 2.24) is 9.88 Å². The van der Waals surface area contributed by atoms with Crippen molar-refractivity contribution in [3.8, 4) is 0 Å². The standard InChI is InChI=1S/C14H21N3S/c1-10-4-6-17(11(2)7-10)9-12-3-5-16-13(8-12)14(15)18/h3,5,8,10-11H,4,6-7,9H2,1-2H3,(H2,15,18). The van der Waals surface area contributed by atoms with Crippen molar-refractivity contribution in [2.75, 3.05) is 6.54 Å². The number of aromatic nitrogens is 1. The first-order valence-corrected chi connectivity index (χ1v) is 6.96. The maximum absolute atomic E-state index is 5.62. The molecule has 2 rings (SSSR count). The molecule has 98 valence electrons. The highest BCUT2D eigenvalue weighted by Crippen LogP contribution is 2.23. The molecule has 2 N–H and O–H groups in total. The van der Waals surface area contributed by atoms with Crippen LogP contribution in [0.4, 0.5) is 0 Å². The summed E-state index contributed by atoms with van der Waals surface area (Å²) in [5.41, 5.74) is 7.58. The molecule has 1 aliphatic rings. The maximum Gasteiger partial charge on any atom is 0.122 e. The van der Waals surface area contributed by atoms with Crippen LogP contribution in [0.1, 0.15) is 37.9 Å². The fourth-order valence-electron chi connectivity index (χ4n) is 2.63. The zero-order valence-corrected chi connectivity index (χ0v) is 11.9. The molecule has 1 aromatic heterocycles. The molecule has 0 spiro atoms. The molecule has 3 nitrogen and oxygen atoms in total. The predicted molar refractivity (Wildman–Crippen MR) is 78.4 cm³/mol. The summed E-state index contributed by atoms with van der Waals surface area (Å²) in [7, 11) is 0. The Labute approximate surface area is 114 Å². The molecule has 1 fully saturated rings. The molecule has 0 saturated carbocycles. The summed E-state index contributed by atoms with van der Waals surface area (Å²) in [6.07, 6.45) is 4.37. The molecule has 2 unspecified atom stereocenters. The molecule has 0 amide bonds. The van der Waals surface area contributed by atoms with E-state index in [1.165, 1.54) is 24.9 Å². The van der Waals surface area contributed by atoms with Gasteiger partial charge in [-0.1, -0.05) is 19.1 Å². The van der Waals surface area contributed by atoms with E-state index in [-0.39, 0.29) is 0 Å². The van der Waals surface area contributed by atoms with Crippen molar-refractivity contribution in [2.45, 2.75) is 39.3 Å². The summed E-state index contributed by atoms with van der Waals surface area (Å²) in [4.78, 5) is 7.08. The summed E-state index contributed by atoms with van der Waals surface area (Å²) in [5, 5.41) is 0. The van der Waals surface area contributed by atoms with E-state index < -0.39 is 0 Å². The van der Waals surface area contributed by atoms with Crippen molar-refractivity contribution in [3.05, 3.63) is 29.6 Å². The van der Waals surface area contributed by atoms with Gasteiger partial charge < -0.3 is 5.73 Å². The first-order valence-electron chi connectivity index (χ1n) is 6.55. The monoisotopic (exact) mass is 263 g/mol. The molecule has 0 aromatic carbocycles. The number of pyridine rings is 1. The Hall–Kier alpha value is -1.00. The number of rotatable bonds is 3. The van der Waals surface area contributed by atoms with Gasteiger partial charge in [-0.2, -0.15) is 0 Å². The number of nitrogens with two attached hydrogens (primary N) is 1. The van der Waals surface area contributed by atoms with Crippen LogP contribution in [0, 0.1) is 5.92 Å². The molecule has 1 saturated heterocycles. The summed E-state index contributed by atoms with van der Waals surface area (Å²) in [6.45, 7) is 6.79. The van der Waals surface area contributed by atoms with E-state index in [4.69, 9.17) is 18.0 Å². The van der Waals surface area contributed by atoms with Gasteiger partial charge in [0.2, 0.25) is 0 Å². The van der Waals surface area contributed by atoms with Crippen LogP contribution in [0.25, 0.3) is 0 Å². The third-order valence-electron chi connectivity index (χ3n) is 3.74. The van der Waals surface area contributed by atoms with Crippen LogP contribution in [0.5, 0.6) is 0 Å². The van der Waals surface area contributed by atoms with Gasteiger partial charge in [0.15, 0.2) is 0 Å². The number of piperidine rings is 1. The Morgan fingerprint density at radius 2 is 2.33 bits per heavy atom. The van der Waals surface area contributed by atoms with Crippen LogP contribution < -0.4 is 5.73 Å². The van der Waals surface area contributed by atoms with Gasteiger partial charge in [0, 0.05) is 18.8 Å². The van der Waals surface area contributed by atoms with Gasteiger partial charge in [-0.25, -0.2) is 0 Å². The van der Waals surface area contributed by atoms with E-state index in [2.05, 4.69) is 23.7 Å². The van der Waals surface area contributed by atoms with Crippen molar-refractivity contribution in [2.24, 2.45) is 11.7 Å². The minimum atomic E-state index is 0.372. The van der Waals surface area contributed by atoms with Crippen LogP contribution in [0.2, 0.25) is 0 Å². The van der Waals surface area contributed by atoms with Gasteiger partial charge in [0.05, 0.1) is 5.69 Å². The van der Waals surface area contributed by atoms with Gasteiger partial charge in [-0.15, -0.1) is 0 Å². The van der Waals surface area contributed by atoms with E-state index in [1.54, 1.807) is 6.20 Å². The zero-order valence-electron chi connectivity index (χ0n) is 11.1. The number of likely N-dealkylation sites (tertiary alicyclic amines) is 1. The number of hydrogen-bond acceptors (Lipinski definition) is 3. The topological polar surface area (TPSA) is 42.2 Å². The van der Waals surface area contributed by atoms with Gasteiger partial charge in [0.1, 0.15) is 4.99 Å². The maximum atomic E-state index is 5.62. The van der Waals surface area contributed by atoms with Crippen molar-refractivity contribution >= 4 is 17.2 Å². The second kappa shape index (κ2) is 5.76. The lowest BCUT2D eigenvalue weighted by Crippen LogP contribution is -2.39. The van der Waals surface area contributed by atoms with E-state index >= 15 is 0 Å². The third kappa shape index (κ3) is 3.27. The van der Waals surface area contributed by atoms with Crippen LogP contribution in [-0.2, 0) is 6.54 Å². The van der Waals surface area contributed by atoms with E-state index in [9.17, 15) is 0 Å². The molecule has 4 heteroatoms. The normalized spacial score (nSPS) is 25.0. The molecule has 0 radical (unpaired) electrons. The van der Waals surface area contributed by atoms with Gasteiger partial charge in [-0.05, 0) is 49.9 Å². The quantitative estimate of drug-likeness (QED) is 0.850. The lowest BCUT2D eigenvalue weighted by Gasteiger charge is -2.36. The van der Waals surface area contributed by atoms with Gasteiger partial charge in [-0.3, -0.25) is 9.88 Å². The van der Waals surface area contributed by atoms with Crippen molar-refractivity contribution in [1.29, 1.82) is 0 Å². The summed E-state index contributed by atoms with van der Waals surface area (Å²) in [5.74, 6) is 0.848. The predicted octanol–water partition coefficient (Wildman–Crippen LogP) is 2.34. The Kier molecular flexibility index (Phi) is 4.30. The van der Waals surface area contributed by atoms with Crippen LogP contribution in [-0.4, -0.2) is 27.5 Å². The van der Waals surface area contributed by atoms with Crippen molar-refractivity contribution < 1.29 is 0 Å². The second-order valence-electron chi connectivity index (χ2n) is 5.36. The van der Waals surface area contributed by atoms with Gasteiger partial charge in [0.25, 0.3) is 0 Å². The van der Waals surface area contributed by atoms with Crippen LogP contribution >= 0.6 is 12.2 Å². The first kappa shape index (κ1) is 13.4. The lowest BCUT2D eigenvalue weighted by molar-refractivity contribution is 0.122. The molecule has 18 heavy (non-hydrogen) atoms. The second-order valence-corrected chi connectivity index (χ2v) is 5.80. The number of nitrogens with zero attached hydrogens (tertiary/aromatic N) is 2. The SMILES string of the molecule is CC1CCN(Cc2ccnc(C(N)=S)c2)C(C)C1. The summed E-state index contributed by atoms with van der Waals surface area (Å²) in [6, 6.07) is 4.70. The molecular weight excluding hydrogens is 242 g/mol. The minimum absolute atomic E-state index is 0.372. The van der Waals surface area contributed by atoms with E-state index in [1.807, 2.05) is 12.1 Å². The highest BCUT2D eigenvalue weighted by Gasteiger charge is 2.22. The molecule has 1 aromatic rings. The minimum Gasteiger partial charge on any atom is -0.388 e. The van der Waals surface area contributed by atoms with E-state index in [0.29, 0.717) is 11.0 Å². The van der Waals surface area contributed by atoms with E-state index in [0.717, 1.165) is 18.2 Å². The third-order valence-corrected chi connectivity index (χ3v) is 3.95. The summed E-state index contributed by atoms with van der Waals surface area (Å²) < 4.78 is 0. The average molecular weight is 263 g/mol. The summed E-state index contributed by atoms with van der Waals surface area (Å²) >= 11 is 4.97. The molecular formula is C14H21N3S. The zero-order chi connectivity index (χ0) is 13.1. The number of hydrogen-bond donors (Lipinski definition) is 1. The smallest absolute Gasteiger partial charge is 0.122 e. The Balaban J connectivity index is 2.05. The van der Waals surface area contributed by atoms with Gasteiger partial charge >= 0.3 is 0 Å². The Bertz CT molecular complexity index is 433. The van der Waals surface area contributed by atoms with Crippen LogP contribution in [0.3, 0.4) is 0 Å². The average Bonchev–Trinajstić information content (AvgIpc) is 2.33. The number of thiocarbonyl (C=S) groups is 1. The van der Waals surface area contributed by atoms with Crippen LogP contribution in [0.15, 0.2) is 18.3 Å². The fraction of sp³-hybridized carbons (Fsp3) is 0.571. The molecule has 2 heterocycles. The lowest BCUT2D eigenvalue weighted by atomic mass is 9.93. The molecule has 0 aliphatic carbocycles. The highest BCUT2D eigenvalue weighted by atomic mass is 32.1. The fourth-order valence-corrected chi connectivity index (χ4v) is 2.74. The highest BCUT2D eigenvalue weighted by molar-refractivity contribution is 7.80. The molecule has 2 atom stereocenters. The molecule has 1 aliphatic heterocycles. The Morgan fingerprint density at radius 1 is 1.56 bits per heavy atom. The van der Waals surface area contributed by atoms with Crippen molar-refractivity contribution in [3.63, 3.8) is 0 Å². The molecule has 0 bridgehead atoms. The first-order chi connectivity index (χ1) is 8.56. The Morgan fingerprint density at radius 3 is 3.00 bits per heavy atom.